The number of rotatable bonds is 11. The van der Waals surface area contributed by atoms with Gasteiger partial charge in [-0.3, -0.25) is 4.48 Å². The number of ether oxygens (including phenoxy) is 3. The van der Waals surface area contributed by atoms with Crippen LogP contribution >= 0.6 is 23.5 Å². The number of thioether (sulfide) groups is 1. The lowest BCUT2D eigenvalue weighted by molar-refractivity contribution is -0.951. The van der Waals surface area contributed by atoms with Crippen molar-refractivity contribution >= 4 is 34.4 Å². The predicted molar refractivity (Wildman–Crippen MR) is 137 cm³/mol. The maximum atomic E-state index is 12.3. The van der Waals surface area contributed by atoms with E-state index in [1.54, 1.807) is 14.2 Å². The molecular formula is C24H42N3O4S2+. The number of hydrogen-bond donors (Lipinski definition) is 0. The molecule has 1 aromatic heterocycles. The van der Waals surface area contributed by atoms with E-state index in [4.69, 9.17) is 9.47 Å². The summed E-state index contributed by atoms with van der Waals surface area (Å²) in [5.41, 5.74) is 2.05. The molecule has 1 saturated carbocycles. The second kappa shape index (κ2) is 15.0. The van der Waals surface area contributed by atoms with Gasteiger partial charge in [0.25, 0.3) is 5.88 Å². The van der Waals surface area contributed by atoms with Gasteiger partial charge in [0.1, 0.15) is 12.2 Å². The van der Waals surface area contributed by atoms with Crippen LogP contribution in [0, 0.1) is 5.92 Å². The van der Waals surface area contributed by atoms with Gasteiger partial charge in [0.05, 0.1) is 31.9 Å². The molecule has 188 valence electrons. The third kappa shape index (κ3) is 8.53. The van der Waals surface area contributed by atoms with Gasteiger partial charge in [0.2, 0.25) is 6.23 Å². The summed E-state index contributed by atoms with van der Waals surface area (Å²) < 4.78 is 26.0. The zero-order chi connectivity index (χ0) is 24.1. The van der Waals surface area contributed by atoms with E-state index in [9.17, 15) is 4.79 Å². The SMILES string of the molecule is CCCCCCOc1nsnc1C1=CCC[N+](C)(C(OC(=O)SCC)C2CCC2)C1.COC. The van der Waals surface area contributed by atoms with Gasteiger partial charge in [0.15, 0.2) is 0 Å². The Labute approximate surface area is 208 Å². The number of aromatic nitrogens is 2. The molecule has 0 spiro atoms. The van der Waals surface area contributed by atoms with Crippen molar-refractivity contribution in [3.05, 3.63) is 11.8 Å². The lowest BCUT2D eigenvalue weighted by Gasteiger charge is -2.47. The van der Waals surface area contributed by atoms with Gasteiger partial charge in [-0.25, -0.2) is 4.79 Å². The molecule has 0 aromatic carbocycles. The molecule has 1 aliphatic heterocycles. The van der Waals surface area contributed by atoms with Crippen LogP contribution in [0.3, 0.4) is 0 Å². The van der Waals surface area contributed by atoms with Gasteiger partial charge >= 0.3 is 5.30 Å². The van der Waals surface area contributed by atoms with Crippen molar-refractivity contribution in [2.24, 2.45) is 5.92 Å². The summed E-state index contributed by atoms with van der Waals surface area (Å²) in [5, 5.41) is -0.142. The van der Waals surface area contributed by atoms with Gasteiger partial charge in [-0.15, -0.1) is 4.37 Å². The molecular weight excluding hydrogens is 458 g/mol. The highest BCUT2D eigenvalue weighted by molar-refractivity contribution is 8.13. The van der Waals surface area contributed by atoms with Gasteiger partial charge < -0.3 is 14.2 Å². The average Bonchev–Trinajstić information content (AvgIpc) is 3.21. The summed E-state index contributed by atoms with van der Waals surface area (Å²) in [6.07, 6.45) is 11.3. The maximum Gasteiger partial charge on any atom is 0.371 e. The molecule has 2 atom stereocenters. The van der Waals surface area contributed by atoms with E-state index in [2.05, 4.69) is 33.5 Å². The first-order chi connectivity index (χ1) is 16.0. The summed E-state index contributed by atoms with van der Waals surface area (Å²) in [5.74, 6) is 1.86. The molecule has 0 radical (unpaired) electrons. The molecule has 9 heteroatoms. The monoisotopic (exact) mass is 500 g/mol. The first-order valence-electron chi connectivity index (χ1n) is 12.2. The predicted octanol–water partition coefficient (Wildman–Crippen LogP) is 6.01. The van der Waals surface area contributed by atoms with Crippen LogP contribution in [0.2, 0.25) is 0 Å². The fourth-order valence-corrected chi connectivity index (χ4v) is 5.27. The van der Waals surface area contributed by atoms with Crippen LogP contribution in [0.15, 0.2) is 6.08 Å². The Morgan fingerprint density at radius 1 is 1.24 bits per heavy atom. The Bertz CT molecular complexity index is 739. The molecule has 33 heavy (non-hydrogen) atoms. The molecule has 1 aromatic rings. The Kier molecular flexibility index (Phi) is 12.7. The Morgan fingerprint density at radius 3 is 2.64 bits per heavy atom. The highest BCUT2D eigenvalue weighted by Crippen LogP contribution is 2.39. The topological polar surface area (TPSA) is 70.5 Å². The molecule has 2 unspecified atom stereocenters. The first-order valence-corrected chi connectivity index (χ1v) is 13.9. The highest BCUT2D eigenvalue weighted by atomic mass is 32.2. The minimum atomic E-state index is -0.142. The van der Waals surface area contributed by atoms with Crippen LogP contribution in [0.5, 0.6) is 5.88 Å². The smallest absolute Gasteiger partial charge is 0.371 e. The molecule has 2 heterocycles. The van der Waals surface area contributed by atoms with Crippen molar-refractivity contribution in [1.82, 2.24) is 8.75 Å². The molecule has 0 N–H and O–H groups in total. The first kappa shape index (κ1) is 28.1. The van der Waals surface area contributed by atoms with Crippen molar-refractivity contribution in [3.63, 3.8) is 0 Å². The third-order valence-electron chi connectivity index (χ3n) is 6.21. The van der Waals surface area contributed by atoms with Crippen molar-refractivity contribution in [1.29, 1.82) is 0 Å². The van der Waals surface area contributed by atoms with Crippen molar-refractivity contribution in [2.75, 3.05) is 46.7 Å². The molecule has 7 nitrogen and oxygen atoms in total. The number of quaternary nitrogens is 1. The fourth-order valence-electron chi connectivity index (χ4n) is 4.33. The number of nitrogens with zero attached hydrogens (tertiary/aromatic N) is 3. The van der Waals surface area contributed by atoms with Gasteiger partial charge in [-0.1, -0.05) is 45.6 Å². The summed E-state index contributed by atoms with van der Waals surface area (Å²) in [6, 6.07) is 0. The van der Waals surface area contributed by atoms with E-state index < -0.39 is 0 Å². The van der Waals surface area contributed by atoms with E-state index in [1.165, 1.54) is 54.7 Å². The number of hydrogen-bond acceptors (Lipinski definition) is 8. The molecule has 0 bridgehead atoms. The molecule has 1 fully saturated rings. The summed E-state index contributed by atoms with van der Waals surface area (Å²) in [6.45, 7) is 6.65. The second-order valence-electron chi connectivity index (χ2n) is 9.00. The van der Waals surface area contributed by atoms with Crippen LogP contribution in [0.4, 0.5) is 4.79 Å². The molecule has 0 amide bonds. The number of methoxy groups -OCH3 is 1. The quantitative estimate of drug-likeness (QED) is 0.209. The molecule has 3 rings (SSSR count). The van der Waals surface area contributed by atoms with Crippen LogP contribution in [0.25, 0.3) is 5.57 Å². The van der Waals surface area contributed by atoms with Gasteiger partial charge in [-0.2, -0.15) is 4.37 Å². The van der Waals surface area contributed by atoms with Gasteiger partial charge in [-0.05, 0) is 31.0 Å². The second-order valence-corrected chi connectivity index (χ2v) is 10.7. The normalized spacial score (nSPS) is 21.3. The van der Waals surface area contributed by atoms with Crippen LogP contribution in [-0.2, 0) is 9.47 Å². The Balaban J connectivity index is 0.00000122. The summed E-state index contributed by atoms with van der Waals surface area (Å²) in [7, 11) is 5.48. The van der Waals surface area contributed by atoms with Crippen molar-refractivity contribution in [2.45, 2.75) is 71.4 Å². The van der Waals surface area contributed by atoms with Crippen LogP contribution < -0.4 is 4.74 Å². The molecule has 2 aliphatic rings. The summed E-state index contributed by atoms with van der Waals surface area (Å²) in [4.78, 5) is 12.3. The molecule has 0 saturated heterocycles. The minimum absolute atomic E-state index is 0.0843. The zero-order valence-corrected chi connectivity index (χ0v) is 22.6. The van der Waals surface area contributed by atoms with E-state index in [0.29, 0.717) is 18.4 Å². The molecule has 1 aliphatic carbocycles. The maximum absolute atomic E-state index is 12.3. The lowest BCUT2D eigenvalue weighted by Crippen LogP contribution is -2.60. The number of unbranched alkanes of at least 4 members (excludes halogenated alkanes) is 3. The van der Waals surface area contributed by atoms with E-state index in [-0.39, 0.29) is 11.5 Å². The fraction of sp³-hybridized carbons (Fsp3) is 0.792. The number of carbonyl (C=O) groups is 1. The van der Waals surface area contributed by atoms with E-state index in [1.807, 2.05) is 6.92 Å². The Hall–Kier alpha value is -1.16. The zero-order valence-electron chi connectivity index (χ0n) is 21.0. The van der Waals surface area contributed by atoms with E-state index in [0.717, 1.165) is 54.7 Å². The standard InChI is InChI=1S/C22H36N3O3S2.C2H6O/c1-4-6-7-8-15-27-20-19(23-30-24-20)18-13-10-14-25(3,16-18)21(17-11-9-12-17)28-22(26)29-5-2;1-3-2/h13,17,21H,4-12,14-16H2,1-3H3;1-2H3/q+1;. The lowest BCUT2D eigenvalue weighted by atomic mass is 9.82. The van der Waals surface area contributed by atoms with Crippen LogP contribution in [-0.4, -0.2) is 71.5 Å². The summed E-state index contributed by atoms with van der Waals surface area (Å²) >= 11 is 2.48. The Morgan fingerprint density at radius 2 is 2.00 bits per heavy atom. The average molecular weight is 501 g/mol. The third-order valence-corrected chi connectivity index (χ3v) is 7.34. The van der Waals surface area contributed by atoms with Crippen molar-refractivity contribution in [3.8, 4) is 5.88 Å². The van der Waals surface area contributed by atoms with Crippen LogP contribution in [0.1, 0.15) is 70.9 Å². The highest BCUT2D eigenvalue weighted by Gasteiger charge is 2.46. The largest absolute Gasteiger partial charge is 0.475 e. The van der Waals surface area contributed by atoms with Crippen molar-refractivity contribution < 1.29 is 23.5 Å². The minimum Gasteiger partial charge on any atom is -0.475 e. The number of likely N-dealkylation sites (N-methyl/N-ethyl adjacent to an activating group) is 1. The van der Waals surface area contributed by atoms with E-state index >= 15 is 0 Å². The van der Waals surface area contributed by atoms with Gasteiger partial charge in [0, 0.05) is 37.9 Å². The number of carbonyl (C=O) groups excluding carboxylic acids is 1.